The SMILES string of the molecule is C=C1/C(=C/C=C2/CCC[C@]3(C)[C@@H]([C@H](C)C=C[C@@H](O)C4CC4)CC[C@@H]23)C[C@@H](O[Si](C)(C)C(C)(C)C)C[C@@H]1O[Si](C)(C)C(C)(C)C. The number of rotatable bonds is 9. The second-order valence-corrected chi connectivity index (χ2v) is 27.9. The molecule has 0 aromatic heterocycles. The third-order valence-electron chi connectivity index (χ3n) is 13.1. The number of fused-ring (bicyclic) bond motifs is 1. The lowest BCUT2D eigenvalue weighted by Crippen LogP contribution is -2.49. The number of aliphatic hydroxyl groups is 1. The molecule has 0 radical (unpaired) electrons. The molecular weight excluding hydrogens is 573 g/mol. The van der Waals surface area contributed by atoms with Crippen molar-refractivity contribution in [2.45, 2.75) is 168 Å². The Morgan fingerprint density at radius 1 is 0.909 bits per heavy atom. The first-order valence-corrected chi connectivity index (χ1v) is 23.8. The van der Waals surface area contributed by atoms with Crippen molar-refractivity contribution in [2.75, 3.05) is 0 Å². The minimum Gasteiger partial charge on any atom is -0.413 e. The van der Waals surface area contributed by atoms with E-state index < -0.39 is 16.6 Å². The van der Waals surface area contributed by atoms with E-state index in [-0.39, 0.29) is 28.4 Å². The molecule has 0 saturated heterocycles. The molecular formula is C39H68O3Si2. The average molecular weight is 641 g/mol. The summed E-state index contributed by atoms with van der Waals surface area (Å²) in [7, 11) is -3.90. The number of hydrogen-bond acceptors (Lipinski definition) is 3. The summed E-state index contributed by atoms with van der Waals surface area (Å²) in [5, 5.41) is 10.8. The van der Waals surface area contributed by atoms with E-state index in [1.54, 1.807) is 5.57 Å². The van der Waals surface area contributed by atoms with Crippen molar-refractivity contribution in [2.24, 2.45) is 29.1 Å². The summed E-state index contributed by atoms with van der Waals surface area (Å²) in [4.78, 5) is 0. The van der Waals surface area contributed by atoms with Crippen LogP contribution in [-0.2, 0) is 8.85 Å². The van der Waals surface area contributed by atoms with Gasteiger partial charge < -0.3 is 14.0 Å². The van der Waals surface area contributed by atoms with E-state index in [0.29, 0.717) is 29.1 Å². The van der Waals surface area contributed by atoms with E-state index in [0.717, 1.165) is 12.8 Å². The molecule has 0 bridgehead atoms. The molecule has 4 fully saturated rings. The van der Waals surface area contributed by atoms with Crippen molar-refractivity contribution >= 4 is 16.6 Å². The van der Waals surface area contributed by atoms with Gasteiger partial charge in [-0.1, -0.05) is 91.8 Å². The van der Waals surface area contributed by atoms with Crippen LogP contribution in [0.5, 0.6) is 0 Å². The number of allylic oxidation sites excluding steroid dienone is 4. The van der Waals surface area contributed by atoms with E-state index in [4.69, 9.17) is 8.85 Å². The Bertz CT molecular complexity index is 1130. The smallest absolute Gasteiger partial charge is 0.192 e. The third-order valence-corrected chi connectivity index (χ3v) is 22.1. The highest BCUT2D eigenvalue weighted by Crippen LogP contribution is 2.59. The Balaban J connectivity index is 1.57. The van der Waals surface area contributed by atoms with Gasteiger partial charge in [0.2, 0.25) is 0 Å². The van der Waals surface area contributed by atoms with Crippen LogP contribution in [0.15, 0.2) is 47.6 Å². The predicted octanol–water partition coefficient (Wildman–Crippen LogP) is 11.1. The molecule has 4 rings (SSSR count). The fourth-order valence-electron chi connectivity index (χ4n) is 7.93. The number of hydrogen-bond donors (Lipinski definition) is 1. The van der Waals surface area contributed by atoms with Crippen LogP contribution < -0.4 is 0 Å². The Hall–Kier alpha value is -0.726. The quantitative estimate of drug-likeness (QED) is 0.201. The first-order valence-electron chi connectivity index (χ1n) is 18.0. The molecule has 4 aliphatic rings. The molecule has 4 saturated carbocycles. The van der Waals surface area contributed by atoms with Crippen LogP contribution in [0, 0.1) is 29.1 Å². The highest BCUT2D eigenvalue weighted by molar-refractivity contribution is 6.74. The maximum absolute atomic E-state index is 10.5. The molecule has 0 heterocycles. The topological polar surface area (TPSA) is 38.7 Å². The van der Waals surface area contributed by atoms with Gasteiger partial charge in [0, 0.05) is 6.42 Å². The van der Waals surface area contributed by atoms with Gasteiger partial charge in [0.15, 0.2) is 16.6 Å². The molecule has 0 unspecified atom stereocenters. The van der Waals surface area contributed by atoms with E-state index in [1.807, 2.05) is 0 Å². The summed E-state index contributed by atoms with van der Waals surface area (Å²) >= 11 is 0. The molecule has 4 aliphatic carbocycles. The highest BCUT2D eigenvalue weighted by Gasteiger charge is 2.50. The third kappa shape index (κ3) is 7.86. The summed E-state index contributed by atoms with van der Waals surface area (Å²) in [5.41, 5.74) is 4.49. The lowest BCUT2D eigenvalue weighted by molar-refractivity contribution is 0.0969. The maximum Gasteiger partial charge on any atom is 0.192 e. The Morgan fingerprint density at radius 3 is 2.11 bits per heavy atom. The van der Waals surface area contributed by atoms with Crippen molar-refractivity contribution < 1.29 is 14.0 Å². The zero-order chi connectivity index (χ0) is 32.9. The van der Waals surface area contributed by atoms with Crippen molar-refractivity contribution in [3.63, 3.8) is 0 Å². The molecule has 3 nitrogen and oxygen atoms in total. The van der Waals surface area contributed by atoms with Crippen LogP contribution in [0.1, 0.15) is 113 Å². The molecule has 44 heavy (non-hydrogen) atoms. The van der Waals surface area contributed by atoms with Gasteiger partial charge in [0.1, 0.15) is 0 Å². The van der Waals surface area contributed by atoms with Gasteiger partial charge in [-0.25, -0.2) is 0 Å². The molecule has 0 amide bonds. The standard InChI is InChI=1S/C39H68O3Si2/c1-27(16-23-35(40)30-18-19-30)33-21-22-34-29(15-14-24-39(33,34)9)17-20-31-25-32(41-43(10,11)37(3,4)5)26-36(28(31)2)42-44(12,13)38(6,7)8/h16-17,20,23,27,30,32-36,40H,2,14-15,18-19,21-22,24-26H2,1,3-13H3/b23-16?,29-17-,31-20+/t27-,32-,33-,34+,35-,36+,39-/m1/s1. The molecule has 0 aromatic carbocycles. The molecule has 5 heteroatoms. The van der Waals surface area contributed by atoms with Crippen LogP contribution >= 0.6 is 0 Å². The van der Waals surface area contributed by atoms with Gasteiger partial charge >= 0.3 is 0 Å². The average Bonchev–Trinajstić information content (AvgIpc) is 3.68. The van der Waals surface area contributed by atoms with Crippen molar-refractivity contribution in [1.29, 1.82) is 0 Å². The van der Waals surface area contributed by atoms with Crippen LogP contribution in [0.25, 0.3) is 0 Å². The first kappa shape index (κ1) is 36.1. The van der Waals surface area contributed by atoms with Gasteiger partial charge in [-0.15, -0.1) is 0 Å². The maximum atomic E-state index is 10.5. The van der Waals surface area contributed by atoms with Crippen LogP contribution in [-0.4, -0.2) is 40.1 Å². The predicted molar refractivity (Wildman–Crippen MR) is 194 cm³/mol. The van der Waals surface area contributed by atoms with Gasteiger partial charge in [-0.05, 0) is 128 Å². The number of aliphatic hydroxyl groups excluding tert-OH is 1. The summed E-state index contributed by atoms with van der Waals surface area (Å²) in [6.45, 7) is 33.2. The van der Waals surface area contributed by atoms with E-state index >= 15 is 0 Å². The van der Waals surface area contributed by atoms with Gasteiger partial charge in [-0.3, -0.25) is 0 Å². The Labute approximate surface area is 274 Å². The molecule has 0 aliphatic heterocycles. The van der Waals surface area contributed by atoms with Crippen molar-refractivity contribution in [1.82, 2.24) is 0 Å². The lowest BCUT2D eigenvalue weighted by atomic mass is 9.61. The molecule has 0 spiro atoms. The minimum absolute atomic E-state index is 0.0233. The summed E-state index contributed by atoms with van der Waals surface area (Å²) in [6, 6.07) is 0. The molecule has 0 aromatic rings. The summed E-state index contributed by atoms with van der Waals surface area (Å²) in [5.74, 6) is 2.35. The second-order valence-electron chi connectivity index (χ2n) is 18.4. The monoisotopic (exact) mass is 640 g/mol. The largest absolute Gasteiger partial charge is 0.413 e. The molecule has 7 atom stereocenters. The van der Waals surface area contributed by atoms with Gasteiger partial charge in [0.25, 0.3) is 0 Å². The zero-order valence-corrected chi connectivity index (χ0v) is 32.7. The van der Waals surface area contributed by atoms with E-state index in [9.17, 15) is 5.11 Å². The van der Waals surface area contributed by atoms with E-state index in [2.05, 4.69) is 112 Å². The Morgan fingerprint density at radius 2 is 1.52 bits per heavy atom. The first-order chi connectivity index (χ1) is 20.2. The van der Waals surface area contributed by atoms with Crippen molar-refractivity contribution in [3.05, 3.63) is 47.6 Å². The van der Waals surface area contributed by atoms with Gasteiger partial charge in [-0.2, -0.15) is 0 Å². The summed E-state index contributed by atoms with van der Waals surface area (Å²) < 4.78 is 14.2. The van der Waals surface area contributed by atoms with Crippen LogP contribution in [0.3, 0.4) is 0 Å². The van der Waals surface area contributed by atoms with Gasteiger partial charge in [0.05, 0.1) is 18.3 Å². The Kier molecular flexibility index (Phi) is 10.7. The molecule has 250 valence electrons. The molecule has 1 N–H and O–H groups in total. The summed E-state index contributed by atoms with van der Waals surface area (Å²) in [6.07, 6.45) is 19.9. The van der Waals surface area contributed by atoms with Crippen molar-refractivity contribution in [3.8, 4) is 0 Å². The fraction of sp³-hybridized carbons (Fsp3) is 0.795. The van der Waals surface area contributed by atoms with Crippen LogP contribution in [0.4, 0.5) is 0 Å². The minimum atomic E-state index is -1.98. The van der Waals surface area contributed by atoms with E-state index in [1.165, 1.54) is 56.1 Å². The fourth-order valence-corrected chi connectivity index (χ4v) is 10.6. The zero-order valence-electron chi connectivity index (χ0n) is 30.7. The highest BCUT2D eigenvalue weighted by atomic mass is 28.4. The van der Waals surface area contributed by atoms with Crippen LogP contribution in [0.2, 0.25) is 36.3 Å². The lowest BCUT2D eigenvalue weighted by Gasteiger charge is -2.45. The normalized spacial score (nSPS) is 34.2. The second kappa shape index (κ2) is 13.1.